The fourth-order valence-corrected chi connectivity index (χ4v) is 3.36. The Morgan fingerprint density at radius 2 is 1.96 bits per heavy atom. The summed E-state index contributed by atoms with van der Waals surface area (Å²) in [5.74, 6) is 0.663. The van der Waals surface area contributed by atoms with Crippen LogP contribution in [0, 0.1) is 0 Å². The molecule has 0 amide bonds. The number of methoxy groups -OCH3 is 1. The van der Waals surface area contributed by atoms with Gasteiger partial charge in [0.15, 0.2) is 5.96 Å². The summed E-state index contributed by atoms with van der Waals surface area (Å²) in [5.41, 5.74) is 2.24. The van der Waals surface area contributed by atoms with Crippen molar-refractivity contribution in [1.29, 1.82) is 0 Å². The van der Waals surface area contributed by atoms with Crippen LogP contribution in [-0.4, -0.2) is 31.3 Å². The van der Waals surface area contributed by atoms with Gasteiger partial charge in [-0.3, -0.25) is 0 Å². The van der Waals surface area contributed by atoms with Gasteiger partial charge in [0.25, 0.3) is 0 Å². The number of halogens is 2. The van der Waals surface area contributed by atoms with E-state index in [0.29, 0.717) is 30.0 Å². The number of hydrogen-bond donors (Lipinski definition) is 3. The SMILES string of the molecule is CCNC(=NCc1ccccc1COC)NCC(O)c1ccc(Cl)s1.I. The van der Waals surface area contributed by atoms with Crippen LogP contribution in [0.4, 0.5) is 0 Å². The maximum Gasteiger partial charge on any atom is 0.191 e. The highest BCUT2D eigenvalue weighted by molar-refractivity contribution is 14.0. The van der Waals surface area contributed by atoms with Crippen molar-refractivity contribution in [3.63, 3.8) is 0 Å². The second-order valence-corrected chi connectivity index (χ2v) is 7.18. The fraction of sp³-hybridized carbons (Fsp3) is 0.389. The minimum Gasteiger partial charge on any atom is -0.386 e. The molecule has 8 heteroatoms. The van der Waals surface area contributed by atoms with Crippen LogP contribution in [0.3, 0.4) is 0 Å². The van der Waals surface area contributed by atoms with Crippen molar-refractivity contribution in [3.05, 3.63) is 56.7 Å². The summed E-state index contributed by atoms with van der Waals surface area (Å²) in [7, 11) is 1.68. The van der Waals surface area contributed by atoms with E-state index >= 15 is 0 Å². The van der Waals surface area contributed by atoms with Gasteiger partial charge in [-0.1, -0.05) is 35.9 Å². The third-order valence-electron chi connectivity index (χ3n) is 3.56. The molecule has 0 bridgehead atoms. The molecule has 144 valence electrons. The van der Waals surface area contributed by atoms with Crippen molar-refractivity contribution in [2.45, 2.75) is 26.2 Å². The van der Waals surface area contributed by atoms with Crippen molar-refractivity contribution in [2.75, 3.05) is 20.2 Å². The summed E-state index contributed by atoms with van der Waals surface area (Å²) < 4.78 is 5.90. The summed E-state index contributed by atoms with van der Waals surface area (Å²) in [6.07, 6.45) is -0.623. The average Bonchev–Trinajstić information content (AvgIpc) is 3.05. The highest BCUT2D eigenvalue weighted by Crippen LogP contribution is 2.26. The van der Waals surface area contributed by atoms with Crippen LogP contribution in [0.5, 0.6) is 0 Å². The van der Waals surface area contributed by atoms with E-state index in [2.05, 4.69) is 15.6 Å². The number of nitrogens with one attached hydrogen (secondary N) is 2. The molecule has 0 saturated carbocycles. The first-order chi connectivity index (χ1) is 12.1. The van der Waals surface area contributed by atoms with Crippen LogP contribution in [0.2, 0.25) is 4.34 Å². The second-order valence-electron chi connectivity index (χ2n) is 5.44. The third-order valence-corrected chi connectivity index (χ3v) is 4.89. The number of benzene rings is 1. The molecule has 2 aromatic rings. The lowest BCUT2D eigenvalue weighted by Crippen LogP contribution is -2.39. The lowest BCUT2D eigenvalue weighted by molar-refractivity contribution is 0.184. The van der Waals surface area contributed by atoms with Gasteiger partial charge < -0.3 is 20.5 Å². The van der Waals surface area contributed by atoms with Crippen molar-refractivity contribution >= 4 is 52.9 Å². The number of rotatable bonds is 8. The molecular formula is C18H25ClIN3O2S. The molecule has 0 aliphatic heterocycles. The standard InChI is InChI=1S/C18H24ClN3O2S.HI/c1-3-20-18(22-11-15(23)16-8-9-17(19)25-16)21-10-13-6-4-5-7-14(13)12-24-2;/h4-9,15,23H,3,10-12H2,1-2H3,(H2,20,21,22);1H. The van der Waals surface area contributed by atoms with Crippen LogP contribution < -0.4 is 10.6 Å². The molecule has 0 aliphatic rings. The van der Waals surface area contributed by atoms with Crippen LogP contribution >= 0.6 is 46.9 Å². The molecule has 2 rings (SSSR count). The summed E-state index contributed by atoms with van der Waals surface area (Å²) in [6, 6.07) is 11.7. The smallest absolute Gasteiger partial charge is 0.191 e. The Morgan fingerprint density at radius 3 is 2.58 bits per heavy atom. The fourth-order valence-electron chi connectivity index (χ4n) is 2.32. The van der Waals surface area contributed by atoms with Crippen molar-refractivity contribution in [2.24, 2.45) is 4.99 Å². The molecule has 1 aromatic carbocycles. The Hall–Kier alpha value is -0.870. The molecule has 0 fully saturated rings. The molecule has 1 heterocycles. The lowest BCUT2D eigenvalue weighted by Gasteiger charge is -2.15. The minimum atomic E-state index is -0.623. The van der Waals surface area contributed by atoms with E-state index < -0.39 is 6.10 Å². The van der Waals surface area contributed by atoms with E-state index in [4.69, 9.17) is 16.3 Å². The van der Waals surface area contributed by atoms with Gasteiger partial charge in [0, 0.05) is 25.1 Å². The van der Waals surface area contributed by atoms with E-state index in [1.165, 1.54) is 11.3 Å². The number of aliphatic imine (C=N–C) groups is 1. The molecule has 26 heavy (non-hydrogen) atoms. The average molecular weight is 510 g/mol. The molecule has 1 aromatic heterocycles. The van der Waals surface area contributed by atoms with Gasteiger partial charge in [-0.15, -0.1) is 35.3 Å². The predicted octanol–water partition coefficient (Wildman–Crippen LogP) is 3.95. The van der Waals surface area contributed by atoms with Crippen LogP contribution in [0.15, 0.2) is 41.4 Å². The Labute approximate surface area is 180 Å². The first kappa shape index (κ1) is 23.2. The number of aliphatic hydroxyl groups is 1. The molecule has 0 spiro atoms. The predicted molar refractivity (Wildman–Crippen MR) is 120 cm³/mol. The van der Waals surface area contributed by atoms with Gasteiger partial charge in [0.1, 0.15) is 6.10 Å². The number of thiophene rings is 1. The zero-order valence-electron chi connectivity index (χ0n) is 14.9. The Bertz CT molecular complexity index is 697. The van der Waals surface area contributed by atoms with Crippen molar-refractivity contribution < 1.29 is 9.84 Å². The third kappa shape index (κ3) is 7.40. The Morgan fingerprint density at radius 1 is 1.23 bits per heavy atom. The second kappa shape index (κ2) is 12.5. The normalized spacial score (nSPS) is 12.4. The van der Waals surface area contributed by atoms with E-state index in [1.807, 2.05) is 37.3 Å². The molecule has 0 aliphatic carbocycles. The van der Waals surface area contributed by atoms with Gasteiger partial charge in [0.05, 0.1) is 17.5 Å². The molecule has 1 atom stereocenters. The molecule has 5 nitrogen and oxygen atoms in total. The molecular weight excluding hydrogens is 485 g/mol. The van der Waals surface area contributed by atoms with Crippen molar-refractivity contribution in [1.82, 2.24) is 10.6 Å². The van der Waals surface area contributed by atoms with E-state index in [0.717, 1.165) is 22.5 Å². The molecule has 0 saturated heterocycles. The first-order valence-electron chi connectivity index (χ1n) is 8.15. The quantitative estimate of drug-likeness (QED) is 0.286. The zero-order chi connectivity index (χ0) is 18.1. The number of ether oxygens (including phenoxy) is 1. The first-order valence-corrected chi connectivity index (χ1v) is 9.34. The van der Waals surface area contributed by atoms with Gasteiger partial charge in [-0.2, -0.15) is 0 Å². The maximum absolute atomic E-state index is 10.2. The topological polar surface area (TPSA) is 65.9 Å². The van der Waals surface area contributed by atoms with Gasteiger partial charge in [-0.05, 0) is 30.2 Å². The zero-order valence-corrected chi connectivity index (χ0v) is 18.8. The Kier molecular flexibility index (Phi) is 11.1. The largest absolute Gasteiger partial charge is 0.386 e. The van der Waals surface area contributed by atoms with E-state index in [1.54, 1.807) is 13.2 Å². The monoisotopic (exact) mass is 509 g/mol. The van der Waals surface area contributed by atoms with E-state index in [9.17, 15) is 5.11 Å². The number of aliphatic hydroxyl groups excluding tert-OH is 1. The lowest BCUT2D eigenvalue weighted by atomic mass is 10.1. The number of guanidine groups is 1. The summed E-state index contributed by atoms with van der Waals surface area (Å²) >= 11 is 7.30. The minimum absolute atomic E-state index is 0. The van der Waals surface area contributed by atoms with Gasteiger partial charge in [0.2, 0.25) is 0 Å². The highest BCUT2D eigenvalue weighted by Gasteiger charge is 2.11. The van der Waals surface area contributed by atoms with Crippen molar-refractivity contribution in [3.8, 4) is 0 Å². The van der Waals surface area contributed by atoms with Crippen LogP contribution in [0.1, 0.15) is 29.0 Å². The van der Waals surface area contributed by atoms with Crippen LogP contribution in [0.25, 0.3) is 0 Å². The van der Waals surface area contributed by atoms with E-state index in [-0.39, 0.29) is 24.0 Å². The molecule has 1 unspecified atom stereocenters. The van der Waals surface area contributed by atoms with Gasteiger partial charge in [-0.25, -0.2) is 4.99 Å². The number of hydrogen-bond acceptors (Lipinski definition) is 4. The maximum atomic E-state index is 10.2. The van der Waals surface area contributed by atoms with Crippen LogP contribution in [-0.2, 0) is 17.9 Å². The van der Waals surface area contributed by atoms with Gasteiger partial charge >= 0.3 is 0 Å². The highest BCUT2D eigenvalue weighted by atomic mass is 127. The summed E-state index contributed by atoms with van der Waals surface area (Å²) in [6.45, 7) is 4.21. The molecule has 0 radical (unpaired) electrons. The molecule has 3 N–H and O–H groups in total. The summed E-state index contributed by atoms with van der Waals surface area (Å²) in [4.78, 5) is 5.43. The number of nitrogens with zero attached hydrogens (tertiary/aromatic N) is 1. The Balaban J connectivity index is 0.00000338. The summed E-state index contributed by atoms with van der Waals surface area (Å²) in [5, 5.41) is 16.6.